The van der Waals surface area contributed by atoms with Crippen molar-refractivity contribution in [3.8, 4) is 0 Å². The molecule has 0 fully saturated rings. The van der Waals surface area contributed by atoms with Crippen LogP contribution in [0.25, 0.3) is 5.57 Å². The van der Waals surface area contributed by atoms with E-state index >= 15 is 0 Å². The molecule has 2 aromatic rings. The molecule has 3 rings (SSSR count). The molecule has 0 heteroatoms. The van der Waals surface area contributed by atoms with Crippen LogP contribution in [-0.4, -0.2) is 0 Å². The highest BCUT2D eigenvalue weighted by molar-refractivity contribution is 5.82. The summed E-state index contributed by atoms with van der Waals surface area (Å²) in [6.45, 7) is 12.0. The van der Waals surface area contributed by atoms with E-state index in [1.807, 2.05) is 41.5 Å². The third-order valence-corrected chi connectivity index (χ3v) is 3.15. The van der Waals surface area contributed by atoms with Gasteiger partial charge in [-0.2, -0.15) is 0 Å². The van der Waals surface area contributed by atoms with Crippen LogP contribution in [0.1, 0.15) is 64.7 Å². The lowest BCUT2D eigenvalue weighted by atomic mass is 9.87. The van der Waals surface area contributed by atoms with Gasteiger partial charge in [-0.15, -0.1) is 0 Å². The van der Waals surface area contributed by atoms with Crippen molar-refractivity contribution in [2.45, 2.75) is 54.4 Å². The lowest BCUT2D eigenvalue weighted by molar-refractivity contribution is 0.978. The van der Waals surface area contributed by atoms with Crippen molar-refractivity contribution in [2.24, 2.45) is 0 Å². The van der Waals surface area contributed by atoms with Gasteiger partial charge in [0.15, 0.2) is 0 Å². The van der Waals surface area contributed by atoms with Gasteiger partial charge in [0, 0.05) is 0 Å². The van der Waals surface area contributed by atoms with E-state index in [9.17, 15) is 0 Å². The van der Waals surface area contributed by atoms with E-state index in [4.69, 9.17) is 0 Å². The highest BCUT2D eigenvalue weighted by Gasteiger charge is 2.12. The Morgan fingerprint density at radius 2 is 1.18 bits per heavy atom. The monoisotopic (exact) mass is 296 g/mol. The SMILES string of the molecule is C1=C(c2ccccc2)c2ccccc2CC1.CC.CC.CC. The first-order valence-electron chi connectivity index (χ1n) is 8.79. The molecule has 0 spiro atoms. The van der Waals surface area contributed by atoms with Crippen LogP contribution in [0.5, 0.6) is 0 Å². The number of fused-ring (bicyclic) bond motifs is 1. The second-order valence-electron chi connectivity index (χ2n) is 4.18. The Kier molecular flexibility index (Phi) is 11.8. The van der Waals surface area contributed by atoms with Crippen molar-refractivity contribution < 1.29 is 0 Å². The molecule has 0 amide bonds. The first-order valence-corrected chi connectivity index (χ1v) is 8.79. The average molecular weight is 296 g/mol. The number of rotatable bonds is 1. The smallest absolute Gasteiger partial charge is 0.0149 e. The van der Waals surface area contributed by atoms with Gasteiger partial charge >= 0.3 is 0 Å². The second-order valence-corrected chi connectivity index (χ2v) is 4.18. The zero-order valence-corrected chi connectivity index (χ0v) is 15.2. The third kappa shape index (κ3) is 5.52. The molecule has 0 aliphatic heterocycles. The Hall–Kier alpha value is -1.82. The summed E-state index contributed by atoms with van der Waals surface area (Å²) in [4.78, 5) is 0. The zero-order chi connectivity index (χ0) is 16.8. The van der Waals surface area contributed by atoms with Crippen LogP contribution >= 0.6 is 0 Å². The molecule has 1 aliphatic carbocycles. The number of aryl methyl sites for hydroxylation is 1. The predicted molar refractivity (Wildman–Crippen MR) is 102 cm³/mol. The number of benzene rings is 2. The maximum atomic E-state index is 2.36. The molecule has 2 aromatic carbocycles. The van der Waals surface area contributed by atoms with Crippen LogP contribution in [0.4, 0.5) is 0 Å². The van der Waals surface area contributed by atoms with E-state index in [1.54, 1.807) is 0 Å². The molecule has 22 heavy (non-hydrogen) atoms. The first kappa shape index (κ1) is 20.2. The average Bonchev–Trinajstić information content (AvgIpc) is 2.67. The fourth-order valence-electron chi connectivity index (χ4n) is 2.37. The third-order valence-electron chi connectivity index (χ3n) is 3.15. The van der Waals surface area contributed by atoms with Crippen LogP contribution in [0, 0.1) is 0 Å². The van der Waals surface area contributed by atoms with E-state index in [0.29, 0.717) is 0 Å². The van der Waals surface area contributed by atoms with Crippen molar-refractivity contribution >= 4 is 5.57 Å². The van der Waals surface area contributed by atoms with Gasteiger partial charge in [0.25, 0.3) is 0 Å². The summed E-state index contributed by atoms with van der Waals surface area (Å²) in [5.74, 6) is 0. The van der Waals surface area contributed by atoms with E-state index in [1.165, 1.54) is 28.7 Å². The largest absolute Gasteiger partial charge is 0.0757 e. The molecule has 1 aliphatic rings. The molecule has 0 saturated carbocycles. The minimum Gasteiger partial charge on any atom is -0.0757 e. The molecule has 120 valence electrons. The van der Waals surface area contributed by atoms with Gasteiger partial charge < -0.3 is 0 Å². The molecule has 0 bridgehead atoms. The van der Waals surface area contributed by atoms with Crippen molar-refractivity contribution in [3.05, 3.63) is 77.4 Å². The molecular weight excluding hydrogens is 264 g/mol. The molecule has 0 nitrogen and oxygen atoms in total. The normalized spacial score (nSPS) is 11.1. The van der Waals surface area contributed by atoms with Crippen LogP contribution in [0.2, 0.25) is 0 Å². The Labute approximate surface area is 137 Å². The summed E-state index contributed by atoms with van der Waals surface area (Å²) in [5.41, 5.74) is 5.60. The summed E-state index contributed by atoms with van der Waals surface area (Å²) >= 11 is 0. The van der Waals surface area contributed by atoms with Crippen LogP contribution < -0.4 is 0 Å². The molecule has 0 radical (unpaired) electrons. The van der Waals surface area contributed by atoms with Crippen molar-refractivity contribution in [3.63, 3.8) is 0 Å². The quantitative estimate of drug-likeness (QED) is 0.524. The van der Waals surface area contributed by atoms with Crippen LogP contribution in [-0.2, 0) is 6.42 Å². The van der Waals surface area contributed by atoms with Gasteiger partial charge in [-0.25, -0.2) is 0 Å². The van der Waals surface area contributed by atoms with E-state index in [2.05, 4.69) is 60.7 Å². The van der Waals surface area contributed by atoms with Gasteiger partial charge in [0.1, 0.15) is 0 Å². The van der Waals surface area contributed by atoms with Gasteiger partial charge in [-0.05, 0) is 35.1 Å². The van der Waals surface area contributed by atoms with E-state index in [0.717, 1.165) is 6.42 Å². The maximum absolute atomic E-state index is 2.36. The number of allylic oxidation sites excluding steroid dienone is 1. The lowest BCUT2D eigenvalue weighted by Gasteiger charge is -2.17. The van der Waals surface area contributed by atoms with E-state index < -0.39 is 0 Å². The first-order chi connectivity index (χ1) is 10.9. The maximum Gasteiger partial charge on any atom is -0.0149 e. The highest BCUT2D eigenvalue weighted by Crippen LogP contribution is 2.31. The molecular formula is C22H32. The van der Waals surface area contributed by atoms with Gasteiger partial charge in [0.05, 0.1) is 0 Å². The minimum atomic E-state index is 1.15. The summed E-state index contributed by atoms with van der Waals surface area (Å²) in [6.07, 6.45) is 4.69. The molecule has 0 saturated heterocycles. The minimum absolute atomic E-state index is 1.15. The Morgan fingerprint density at radius 3 is 1.82 bits per heavy atom. The zero-order valence-electron chi connectivity index (χ0n) is 15.2. The van der Waals surface area contributed by atoms with Gasteiger partial charge in [-0.3, -0.25) is 0 Å². The fraction of sp³-hybridized carbons (Fsp3) is 0.364. The number of hydrogen-bond donors (Lipinski definition) is 0. The summed E-state index contributed by atoms with van der Waals surface area (Å²) in [5, 5.41) is 0. The summed E-state index contributed by atoms with van der Waals surface area (Å²) < 4.78 is 0. The summed E-state index contributed by atoms with van der Waals surface area (Å²) in [6, 6.07) is 19.4. The topological polar surface area (TPSA) is 0 Å². The molecule has 0 unspecified atom stereocenters. The molecule has 0 atom stereocenters. The van der Waals surface area contributed by atoms with Crippen LogP contribution in [0.15, 0.2) is 60.7 Å². The Morgan fingerprint density at radius 1 is 0.636 bits per heavy atom. The fourth-order valence-corrected chi connectivity index (χ4v) is 2.37. The lowest BCUT2D eigenvalue weighted by Crippen LogP contribution is -2.00. The van der Waals surface area contributed by atoms with Crippen molar-refractivity contribution in [1.29, 1.82) is 0 Å². The van der Waals surface area contributed by atoms with Crippen molar-refractivity contribution in [1.82, 2.24) is 0 Å². The van der Waals surface area contributed by atoms with Crippen LogP contribution in [0.3, 0.4) is 0 Å². The predicted octanol–water partition coefficient (Wildman–Crippen LogP) is 7.14. The van der Waals surface area contributed by atoms with Gasteiger partial charge in [0.2, 0.25) is 0 Å². The Bertz CT molecular complexity index is 521. The summed E-state index contributed by atoms with van der Waals surface area (Å²) in [7, 11) is 0. The van der Waals surface area contributed by atoms with E-state index in [-0.39, 0.29) is 0 Å². The van der Waals surface area contributed by atoms with Gasteiger partial charge in [-0.1, -0.05) is 102 Å². The Balaban J connectivity index is 0.000000661. The number of hydrogen-bond acceptors (Lipinski definition) is 0. The molecule has 0 N–H and O–H groups in total. The van der Waals surface area contributed by atoms with Crippen molar-refractivity contribution in [2.75, 3.05) is 0 Å². The highest BCUT2D eigenvalue weighted by atomic mass is 14.2. The standard InChI is InChI=1S/C16H14.3C2H6/c1-2-7-13(8-3-1)16-12-6-10-14-9-4-5-11-15(14)16;3*1-2/h1-5,7-9,11-12H,6,10H2;3*1-2H3. The molecule has 0 heterocycles. The second kappa shape index (κ2) is 12.9. The molecule has 0 aromatic heterocycles.